The van der Waals surface area contributed by atoms with E-state index in [0.717, 1.165) is 12.1 Å². The molecule has 1 rings (SSSR count). The summed E-state index contributed by atoms with van der Waals surface area (Å²) in [6.45, 7) is -1.17. The minimum absolute atomic E-state index is 0.0602. The Morgan fingerprint density at radius 3 is 2.55 bits per heavy atom. The summed E-state index contributed by atoms with van der Waals surface area (Å²) in [5.74, 6) is -3.60. The van der Waals surface area contributed by atoms with Crippen LogP contribution in [-0.4, -0.2) is 50.6 Å². The summed E-state index contributed by atoms with van der Waals surface area (Å²) in [6, 6.07) is 1.95. The van der Waals surface area contributed by atoms with Gasteiger partial charge in [0.1, 0.15) is 23.1 Å². The Morgan fingerprint density at radius 2 is 2.05 bits per heavy atom. The van der Waals surface area contributed by atoms with Crippen LogP contribution in [0, 0.1) is 11.6 Å². The van der Waals surface area contributed by atoms with E-state index >= 15 is 0 Å². The van der Waals surface area contributed by atoms with Gasteiger partial charge >= 0.3 is 5.97 Å². The van der Waals surface area contributed by atoms with Crippen LogP contribution in [-0.2, 0) is 19.6 Å². The van der Waals surface area contributed by atoms with Crippen molar-refractivity contribution in [1.82, 2.24) is 4.31 Å². The van der Waals surface area contributed by atoms with Crippen molar-refractivity contribution in [3.05, 3.63) is 29.8 Å². The highest BCUT2D eigenvalue weighted by Crippen LogP contribution is 2.20. The van der Waals surface area contributed by atoms with E-state index in [-0.39, 0.29) is 13.2 Å². The minimum Gasteiger partial charge on any atom is -0.480 e. The molecule has 0 unspecified atom stereocenters. The van der Waals surface area contributed by atoms with E-state index in [1.807, 2.05) is 0 Å². The standard InChI is InChI=1S/C11H13F2NO5S/c1-19-5-4-14(7-11(15)16)20(17,18)10-3-2-8(12)6-9(10)13/h2-3,6H,4-5,7H2,1H3,(H,15,16). The number of carboxylic acid groups (broad SMARTS) is 1. The monoisotopic (exact) mass is 309 g/mol. The van der Waals surface area contributed by atoms with Crippen molar-refractivity contribution >= 4 is 16.0 Å². The number of methoxy groups -OCH3 is 1. The van der Waals surface area contributed by atoms with Crippen molar-refractivity contribution < 1.29 is 31.8 Å². The molecule has 0 saturated carbocycles. The number of benzene rings is 1. The van der Waals surface area contributed by atoms with Crippen molar-refractivity contribution in [2.75, 3.05) is 26.8 Å². The Bertz CT molecular complexity index is 590. The van der Waals surface area contributed by atoms with Gasteiger partial charge in [0, 0.05) is 19.7 Å². The first-order valence-electron chi connectivity index (χ1n) is 5.45. The number of halogens is 2. The number of hydrogen-bond acceptors (Lipinski definition) is 4. The van der Waals surface area contributed by atoms with Crippen LogP contribution in [0.25, 0.3) is 0 Å². The van der Waals surface area contributed by atoms with E-state index in [9.17, 15) is 22.0 Å². The van der Waals surface area contributed by atoms with Crippen molar-refractivity contribution in [2.24, 2.45) is 0 Å². The van der Waals surface area contributed by atoms with Gasteiger partial charge in [-0.15, -0.1) is 0 Å². The van der Waals surface area contributed by atoms with E-state index in [0.29, 0.717) is 10.4 Å². The second kappa shape index (κ2) is 6.73. The molecule has 0 heterocycles. The fourth-order valence-electron chi connectivity index (χ4n) is 1.45. The SMILES string of the molecule is COCCN(CC(=O)O)S(=O)(=O)c1ccc(F)cc1F. The summed E-state index contributed by atoms with van der Waals surface area (Å²) >= 11 is 0. The van der Waals surface area contributed by atoms with Crippen molar-refractivity contribution in [2.45, 2.75) is 4.90 Å². The fraction of sp³-hybridized carbons (Fsp3) is 0.364. The zero-order chi connectivity index (χ0) is 15.3. The summed E-state index contributed by atoms with van der Waals surface area (Å²) in [7, 11) is -3.08. The van der Waals surface area contributed by atoms with E-state index in [1.54, 1.807) is 0 Å². The van der Waals surface area contributed by atoms with Gasteiger partial charge in [0.2, 0.25) is 10.0 Å². The summed E-state index contributed by atoms with van der Waals surface area (Å²) in [5, 5.41) is 8.71. The highest BCUT2D eigenvalue weighted by molar-refractivity contribution is 7.89. The summed E-state index contributed by atoms with van der Waals surface area (Å²) in [6.07, 6.45) is 0. The number of carbonyl (C=O) groups is 1. The number of sulfonamides is 1. The smallest absolute Gasteiger partial charge is 0.318 e. The number of nitrogens with zero attached hydrogens (tertiary/aromatic N) is 1. The molecule has 1 aromatic rings. The Hall–Kier alpha value is -1.58. The van der Waals surface area contributed by atoms with Crippen LogP contribution < -0.4 is 0 Å². The molecular formula is C11H13F2NO5S. The molecule has 0 radical (unpaired) electrons. The highest BCUT2D eigenvalue weighted by Gasteiger charge is 2.29. The predicted molar refractivity (Wildman–Crippen MR) is 64.6 cm³/mol. The molecule has 0 bridgehead atoms. The lowest BCUT2D eigenvalue weighted by Gasteiger charge is -2.20. The maximum absolute atomic E-state index is 13.5. The Morgan fingerprint density at radius 1 is 1.40 bits per heavy atom. The fourth-order valence-corrected chi connectivity index (χ4v) is 2.87. The molecule has 1 aromatic carbocycles. The highest BCUT2D eigenvalue weighted by atomic mass is 32.2. The van der Waals surface area contributed by atoms with Crippen LogP contribution in [0.1, 0.15) is 0 Å². The van der Waals surface area contributed by atoms with Crippen molar-refractivity contribution in [3.8, 4) is 0 Å². The molecule has 0 aromatic heterocycles. The molecular weight excluding hydrogens is 296 g/mol. The lowest BCUT2D eigenvalue weighted by molar-refractivity contribution is -0.137. The Labute approximate surface area is 114 Å². The van der Waals surface area contributed by atoms with Gasteiger partial charge in [0.15, 0.2) is 0 Å². The van der Waals surface area contributed by atoms with E-state index in [4.69, 9.17) is 5.11 Å². The summed E-state index contributed by atoms with van der Waals surface area (Å²) < 4.78 is 55.9. The second-order valence-electron chi connectivity index (χ2n) is 3.80. The first-order chi connectivity index (χ1) is 9.28. The first-order valence-corrected chi connectivity index (χ1v) is 6.89. The van der Waals surface area contributed by atoms with Gasteiger partial charge in [-0.1, -0.05) is 0 Å². The third kappa shape index (κ3) is 3.95. The predicted octanol–water partition coefficient (Wildman–Crippen LogP) is 0.687. The Balaban J connectivity index is 3.17. The molecule has 0 aliphatic heterocycles. The molecule has 0 aliphatic rings. The largest absolute Gasteiger partial charge is 0.480 e. The average Bonchev–Trinajstić information content (AvgIpc) is 2.33. The van der Waals surface area contributed by atoms with Gasteiger partial charge in [0.05, 0.1) is 6.61 Å². The van der Waals surface area contributed by atoms with E-state index in [2.05, 4.69) is 4.74 Å². The van der Waals surface area contributed by atoms with Crippen molar-refractivity contribution in [1.29, 1.82) is 0 Å². The van der Waals surface area contributed by atoms with Crippen LogP contribution >= 0.6 is 0 Å². The number of rotatable bonds is 7. The number of ether oxygens (including phenoxy) is 1. The molecule has 0 atom stereocenters. The van der Waals surface area contributed by atoms with Crippen molar-refractivity contribution in [3.63, 3.8) is 0 Å². The van der Waals surface area contributed by atoms with Crippen LogP contribution in [0.2, 0.25) is 0 Å². The second-order valence-corrected chi connectivity index (χ2v) is 5.71. The van der Waals surface area contributed by atoms with Gasteiger partial charge in [-0.3, -0.25) is 4.79 Å². The zero-order valence-corrected chi connectivity index (χ0v) is 11.4. The average molecular weight is 309 g/mol. The molecule has 0 aliphatic carbocycles. The normalized spacial score (nSPS) is 11.8. The summed E-state index contributed by atoms with van der Waals surface area (Å²) in [4.78, 5) is 9.91. The topological polar surface area (TPSA) is 83.9 Å². The zero-order valence-electron chi connectivity index (χ0n) is 10.5. The lowest BCUT2D eigenvalue weighted by Crippen LogP contribution is -2.38. The first kappa shape index (κ1) is 16.5. The van der Waals surface area contributed by atoms with E-state index < -0.39 is 39.1 Å². The maximum Gasteiger partial charge on any atom is 0.318 e. The quantitative estimate of drug-likeness (QED) is 0.801. The minimum atomic E-state index is -4.38. The molecule has 9 heteroatoms. The third-order valence-electron chi connectivity index (χ3n) is 2.37. The molecule has 0 amide bonds. The van der Waals surface area contributed by atoms with Gasteiger partial charge in [-0.05, 0) is 12.1 Å². The lowest BCUT2D eigenvalue weighted by atomic mass is 10.3. The summed E-state index contributed by atoms with van der Waals surface area (Å²) in [5.41, 5.74) is 0. The van der Waals surface area contributed by atoms with Crippen LogP contribution in [0.5, 0.6) is 0 Å². The van der Waals surface area contributed by atoms with Gasteiger partial charge < -0.3 is 9.84 Å². The van der Waals surface area contributed by atoms with Gasteiger partial charge in [-0.2, -0.15) is 4.31 Å². The molecule has 20 heavy (non-hydrogen) atoms. The molecule has 112 valence electrons. The molecule has 0 fully saturated rings. The molecule has 6 nitrogen and oxygen atoms in total. The molecule has 0 spiro atoms. The van der Waals surface area contributed by atoms with E-state index in [1.165, 1.54) is 7.11 Å². The Kier molecular flexibility index (Phi) is 5.54. The van der Waals surface area contributed by atoms with Crippen LogP contribution in [0.3, 0.4) is 0 Å². The maximum atomic E-state index is 13.5. The third-order valence-corrected chi connectivity index (χ3v) is 4.25. The molecule has 0 saturated heterocycles. The number of carboxylic acids is 1. The van der Waals surface area contributed by atoms with Gasteiger partial charge in [0.25, 0.3) is 0 Å². The molecule has 1 N–H and O–H groups in total. The van der Waals surface area contributed by atoms with Crippen LogP contribution in [0.15, 0.2) is 23.1 Å². The number of aliphatic carboxylic acids is 1. The van der Waals surface area contributed by atoms with Gasteiger partial charge in [-0.25, -0.2) is 17.2 Å². The van der Waals surface area contributed by atoms with Crippen LogP contribution in [0.4, 0.5) is 8.78 Å². The number of hydrogen-bond donors (Lipinski definition) is 1.